The monoisotopic (exact) mass is 237 g/mol. The summed E-state index contributed by atoms with van der Waals surface area (Å²) in [5.74, 6) is 0.833. The maximum Gasteiger partial charge on any atom is 0.0394 e. The van der Waals surface area contributed by atoms with Crippen LogP contribution in [0.4, 0.5) is 0 Å². The van der Waals surface area contributed by atoms with E-state index >= 15 is 0 Å². The van der Waals surface area contributed by atoms with E-state index in [0.717, 1.165) is 12.5 Å². The lowest BCUT2D eigenvalue weighted by Gasteiger charge is -2.09. The van der Waals surface area contributed by atoms with Crippen LogP contribution in [-0.4, -0.2) is 12.3 Å². The van der Waals surface area contributed by atoms with Gasteiger partial charge in [0.15, 0.2) is 0 Å². The minimum absolute atomic E-state index is 0.833. The van der Waals surface area contributed by atoms with Crippen LogP contribution in [0.15, 0.2) is 4.99 Å². The molecule has 0 aromatic heterocycles. The zero-order chi connectivity index (χ0) is 12.3. The summed E-state index contributed by atoms with van der Waals surface area (Å²) < 4.78 is 0. The van der Waals surface area contributed by atoms with Crippen molar-refractivity contribution < 1.29 is 0 Å². The van der Waals surface area contributed by atoms with E-state index in [1.165, 1.54) is 76.3 Å². The molecule has 0 aromatic carbocycles. The Hall–Kier alpha value is -0.330. The summed E-state index contributed by atoms with van der Waals surface area (Å²) in [7, 11) is 0. The predicted molar refractivity (Wildman–Crippen MR) is 77.9 cm³/mol. The highest BCUT2D eigenvalue weighted by atomic mass is 14.8. The molecular formula is C16H31N. The number of hydrogen-bond acceptors (Lipinski definition) is 1. The van der Waals surface area contributed by atoms with E-state index in [1.54, 1.807) is 0 Å². The van der Waals surface area contributed by atoms with Crippen LogP contribution >= 0.6 is 0 Å². The molecule has 0 saturated heterocycles. The summed E-state index contributed by atoms with van der Waals surface area (Å²) in [5.41, 5.74) is 1.42. The van der Waals surface area contributed by atoms with Crippen LogP contribution in [0.3, 0.4) is 0 Å². The summed E-state index contributed by atoms with van der Waals surface area (Å²) in [4.78, 5) is 4.49. The highest BCUT2D eigenvalue weighted by Gasteiger charge is 2.15. The number of unbranched alkanes of at least 4 members (excludes halogenated alkanes) is 8. The molecule has 1 rings (SSSR count). The molecule has 0 bridgehead atoms. The topological polar surface area (TPSA) is 12.4 Å². The van der Waals surface area contributed by atoms with Gasteiger partial charge in [0.1, 0.15) is 0 Å². The SMILES string of the molecule is CCCCCCCCCCCC1CCN=C1C. The van der Waals surface area contributed by atoms with Crippen LogP contribution < -0.4 is 0 Å². The Morgan fingerprint density at radius 1 is 0.941 bits per heavy atom. The number of rotatable bonds is 10. The standard InChI is InChI=1S/C16H31N/c1-3-4-5-6-7-8-9-10-11-12-16-13-14-17-15(16)2/h16H,3-14H2,1-2H3. The molecule has 0 fully saturated rings. The molecule has 0 saturated carbocycles. The highest BCUT2D eigenvalue weighted by Crippen LogP contribution is 2.21. The number of hydrogen-bond donors (Lipinski definition) is 0. The molecule has 0 N–H and O–H groups in total. The maximum atomic E-state index is 4.49. The van der Waals surface area contributed by atoms with E-state index in [2.05, 4.69) is 18.8 Å². The third-order valence-corrected chi connectivity index (χ3v) is 4.09. The third-order valence-electron chi connectivity index (χ3n) is 4.09. The first-order valence-electron chi connectivity index (χ1n) is 7.85. The van der Waals surface area contributed by atoms with Gasteiger partial charge in [0.05, 0.1) is 0 Å². The van der Waals surface area contributed by atoms with Gasteiger partial charge in [0.2, 0.25) is 0 Å². The second kappa shape index (κ2) is 9.67. The smallest absolute Gasteiger partial charge is 0.0394 e. The first-order chi connectivity index (χ1) is 8.34. The second-order valence-corrected chi connectivity index (χ2v) is 5.63. The van der Waals surface area contributed by atoms with E-state index in [0.29, 0.717) is 0 Å². The zero-order valence-electron chi connectivity index (χ0n) is 12.0. The van der Waals surface area contributed by atoms with Gasteiger partial charge in [-0.25, -0.2) is 0 Å². The molecule has 1 nitrogen and oxygen atoms in total. The summed E-state index contributed by atoms with van der Waals surface area (Å²) in [6.07, 6.45) is 15.7. The fourth-order valence-corrected chi connectivity index (χ4v) is 2.79. The average molecular weight is 237 g/mol. The first-order valence-corrected chi connectivity index (χ1v) is 7.85. The van der Waals surface area contributed by atoms with Gasteiger partial charge in [-0.2, -0.15) is 0 Å². The quantitative estimate of drug-likeness (QED) is 0.452. The Morgan fingerprint density at radius 3 is 2.06 bits per heavy atom. The van der Waals surface area contributed by atoms with Crippen LogP contribution in [0.1, 0.15) is 84.5 Å². The molecule has 1 atom stereocenters. The Morgan fingerprint density at radius 2 is 1.53 bits per heavy atom. The molecule has 0 spiro atoms. The van der Waals surface area contributed by atoms with Crippen LogP contribution in [0.2, 0.25) is 0 Å². The molecule has 0 amide bonds. The van der Waals surface area contributed by atoms with Crippen molar-refractivity contribution in [2.75, 3.05) is 6.54 Å². The largest absolute Gasteiger partial charge is 0.294 e. The summed E-state index contributed by atoms with van der Waals surface area (Å²) in [6.45, 7) is 5.59. The minimum atomic E-state index is 0.833. The fraction of sp³-hybridized carbons (Fsp3) is 0.938. The van der Waals surface area contributed by atoms with Crippen molar-refractivity contribution in [3.05, 3.63) is 0 Å². The number of aliphatic imine (C=N–C) groups is 1. The molecule has 17 heavy (non-hydrogen) atoms. The van der Waals surface area contributed by atoms with E-state index in [4.69, 9.17) is 0 Å². The van der Waals surface area contributed by atoms with E-state index in [-0.39, 0.29) is 0 Å². The van der Waals surface area contributed by atoms with Gasteiger partial charge >= 0.3 is 0 Å². The lowest BCUT2D eigenvalue weighted by Crippen LogP contribution is -2.05. The Balaban J connectivity index is 1.80. The van der Waals surface area contributed by atoms with Crippen molar-refractivity contribution in [1.29, 1.82) is 0 Å². The predicted octanol–water partition coefficient (Wildman–Crippen LogP) is 5.39. The molecule has 100 valence electrons. The summed E-state index contributed by atoms with van der Waals surface area (Å²) in [6, 6.07) is 0. The molecule has 0 aliphatic carbocycles. The maximum absolute atomic E-state index is 4.49. The highest BCUT2D eigenvalue weighted by molar-refractivity contribution is 5.85. The molecule has 1 aliphatic heterocycles. The third kappa shape index (κ3) is 6.85. The molecule has 0 aromatic rings. The van der Waals surface area contributed by atoms with Gasteiger partial charge in [0, 0.05) is 12.3 Å². The first kappa shape index (κ1) is 14.7. The van der Waals surface area contributed by atoms with Crippen LogP contribution in [0.5, 0.6) is 0 Å². The molecule has 0 radical (unpaired) electrons. The number of nitrogens with zero attached hydrogens (tertiary/aromatic N) is 1. The van der Waals surface area contributed by atoms with Gasteiger partial charge in [-0.05, 0) is 25.7 Å². The van der Waals surface area contributed by atoms with E-state index < -0.39 is 0 Å². The van der Waals surface area contributed by atoms with Gasteiger partial charge < -0.3 is 0 Å². The van der Waals surface area contributed by atoms with Gasteiger partial charge in [0.25, 0.3) is 0 Å². The lowest BCUT2D eigenvalue weighted by atomic mass is 9.95. The van der Waals surface area contributed by atoms with Crippen molar-refractivity contribution in [2.24, 2.45) is 10.9 Å². The molecule has 1 aliphatic rings. The Bertz CT molecular complexity index is 208. The van der Waals surface area contributed by atoms with Crippen molar-refractivity contribution in [3.63, 3.8) is 0 Å². The lowest BCUT2D eigenvalue weighted by molar-refractivity contribution is 0.522. The minimum Gasteiger partial charge on any atom is -0.294 e. The van der Waals surface area contributed by atoms with Crippen molar-refractivity contribution >= 4 is 5.71 Å². The normalized spacial score (nSPS) is 19.6. The molecular weight excluding hydrogens is 206 g/mol. The summed E-state index contributed by atoms with van der Waals surface area (Å²) in [5, 5.41) is 0. The molecule has 1 heterocycles. The molecule has 1 unspecified atom stereocenters. The van der Waals surface area contributed by atoms with Crippen LogP contribution in [-0.2, 0) is 0 Å². The van der Waals surface area contributed by atoms with Crippen molar-refractivity contribution in [1.82, 2.24) is 0 Å². The average Bonchev–Trinajstić information content (AvgIpc) is 2.73. The van der Waals surface area contributed by atoms with E-state index in [9.17, 15) is 0 Å². The van der Waals surface area contributed by atoms with Gasteiger partial charge in [-0.1, -0.05) is 64.7 Å². The van der Waals surface area contributed by atoms with Gasteiger partial charge in [-0.15, -0.1) is 0 Å². The van der Waals surface area contributed by atoms with Crippen LogP contribution in [0, 0.1) is 5.92 Å². The Kier molecular flexibility index (Phi) is 8.38. The molecule has 1 heteroatoms. The fourth-order valence-electron chi connectivity index (χ4n) is 2.79. The van der Waals surface area contributed by atoms with Gasteiger partial charge in [-0.3, -0.25) is 4.99 Å². The van der Waals surface area contributed by atoms with Crippen molar-refractivity contribution in [2.45, 2.75) is 84.5 Å². The van der Waals surface area contributed by atoms with Crippen LogP contribution in [0.25, 0.3) is 0 Å². The van der Waals surface area contributed by atoms with Crippen molar-refractivity contribution in [3.8, 4) is 0 Å². The Labute approximate surface area is 108 Å². The second-order valence-electron chi connectivity index (χ2n) is 5.63. The summed E-state index contributed by atoms with van der Waals surface area (Å²) >= 11 is 0. The van der Waals surface area contributed by atoms with E-state index in [1.807, 2.05) is 0 Å². The zero-order valence-corrected chi connectivity index (χ0v) is 12.0.